The van der Waals surface area contributed by atoms with Gasteiger partial charge in [-0.3, -0.25) is 4.79 Å². The fraction of sp³-hybridized carbons (Fsp3) is 0.188. The molecule has 3 heteroatoms. The lowest BCUT2D eigenvalue weighted by molar-refractivity contribution is 0.0994. The first kappa shape index (κ1) is 13.1. The number of hydrogen-bond acceptors (Lipinski definition) is 2. The maximum Gasteiger partial charge on any atom is 0.260 e. The van der Waals surface area contributed by atoms with Gasteiger partial charge < -0.3 is 10.6 Å². The van der Waals surface area contributed by atoms with Crippen molar-refractivity contribution >= 4 is 17.3 Å². The summed E-state index contributed by atoms with van der Waals surface area (Å²) in [6.07, 6.45) is 0. The average Bonchev–Trinajstić information content (AvgIpc) is 2.41. The van der Waals surface area contributed by atoms with Gasteiger partial charge in [-0.1, -0.05) is 29.8 Å². The molecule has 0 spiro atoms. The zero-order valence-electron chi connectivity index (χ0n) is 11.5. The predicted octanol–water partition coefficient (Wildman–Crippen LogP) is 3.16. The molecule has 0 atom stereocenters. The molecule has 0 unspecified atom stereocenters. The molecule has 0 saturated carbocycles. The molecule has 19 heavy (non-hydrogen) atoms. The molecule has 0 fully saturated rings. The van der Waals surface area contributed by atoms with Crippen LogP contribution in [0.1, 0.15) is 21.5 Å². The van der Waals surface area contributed by atoms with Crippen molar-refractivity contribution in [3.8, 4) is 0 Å². The second kappa shape index (κ2) is 5.14. The van der Waals surface area contributed by atoms with Crippen LogP contribution in [0, 0.1) is 13.8 Å². The van der Waals surface area contributed by atoms with Crippen LogP contribution in [0.5, 0.6) is 0 Å². The van der Waals surface area contributed by atoms with E-state index in [4.69, 9.17) is 5.73 Å². The van der Waals surface area contributed by atoms with Crippen molar-refractivity contribution in [2.75, 3.05) is 17.7 Å². The number of nitrogens with zero attached hydrogens (tertiary/aromatic N) is 1. The van der Waals surface area contributed by atoms with Crippen LogP contribution in [0.2, 0.25) is 0 Å². The number of hydrogen-bond donors (Lipinski definition) is 1. The number of amides is 1. The number of para-hydroxylation sites is 1. The van der Waals surface area contributed by atoms with Gasteiger partial charge in [-0.05, 0) is 37.6 Å². The molecule has 0 bridgehead atoms. The molecule has 2 aromatic carbocycles. The van der Waals surface area contributed by atoms with Gasteiger partial charge in [0.2, 0.25) is 0 Å². The van der Waals surface area contributed by atoms with E-state index in [0.717, 1.165) is 11.3 Å². The molecule has 2 N–H and O–H groups in total. The van der Waals surface area contributed by atoms with E-state index in [1.807, 2.05) is 50.2 Å². The van der Waals surface area contributed by atoms with Gasteiger partial charge in [0.05, 0.1) is 5.56 Å². The van der Waals surface area contributed by atoms with Crippen molar-refractivity contribution < 1.29 is 4.79 Å². The molecule has 0 aliphatic heterocycles. The summed E-state index contributed by atoms with van der Waals surface area (Å²) in [6, 6.07) is 13.3. The molecular weight excluding hydrogens is 236 g/mol. The Labute approximate surface area is 113 Å². The van der Waals surface area contributed by atoms with Gasteiger partial charge in [-0.15, -0.1) is 0 Å². The molecule has 0 aromatic heterocycles. The fourth-order valence-electron chi connectivity index (χ4n) is 1.93. The average molecular weight is 254 g/mol. The molecule has 0 saturated heterocycles. The van der Waals surface area contributed by atoms with Gasteiger partial charge in [0.15, 0.2) is 0 Å². The van der Waals surface area contributed by atoms with E-state index in [0.29, 0.717) is 11.3 Å². The molecule has 98 valence electrons. The SMILES string of the molecule is Cc1ccc(N(C)C(=O)c2cccc(C)c2N)cc1. The number of aryl methyl sites for hydroxylation is 2. The zero-order chi connectivity index (χ0) is 14.0. The summed E-state index contributed by atoms with van der Waals surface area (Å²) >= 11 is 0. The second-order valence-electron chi connectivity index (χ2n) is 4.74. The summed E-state index contributed by atoms with van der Waals surface area (Å²) in [4.78, 5) is 14.1. The summed E-state index contributed by atoms with van der Waals surface area (Å²) in [5.74, 6) is -0.0925. The van der Waals surface area contributed by atoms with E-state index >= 15 is 0 Å². The standard InChI is InChI=1S/C16H18N2O/c1-11-7-9-13(10-8-11)18(3)16(19)14-6-4-5-12(2)15(14)17/h4-10H,17H2,1-3H3. The van der Waals surface area contributed by atoms with Gasteiger partial charge in [-0.25, -0.2) is 0 Å². The number of carbonyl (C=O) groups excluding carboxylic acids is 1. The number of nitrogen functional groups attached to an aromatic ring is 1. The van der Waals surface area contributed by atoms with Gasteiger partial charge in [0.25, 0.3) is 5.91 Å². The van der Waals surface area contributed by atoms with Crippen molar-refractivity contribution in [3.63, 3.8) is 0 Å². The Hall–Kier alpha value is -2.29. The maximum absolute atomic E-state index is 12.4. The number of anilines is 2. The largest absolute Gasteiger partial charge is 0.398 e. The van der Waals surface area contributed by atoms with E-state index in [2.05, 4.69) is 0 Å². The van der Waals surface area contributed by atoms with Crippen molar-refractivity contribution in [2.24, 2.45) is 0 Å². The Morgan fingerprint density at radius 2 is 1.68 bits per heavy atom. The first-order valence-electron chi connectivity index (χ1n) is 6.20. The van der Waals surface area contributed by atoms with Crippen LogP contribution in [-0.2, 0) is 0 Å². The fourth-order valence-corrected chi connectivity index (χ4v) is 1.93. The lowest BCUT2D eigenvalue weighted by Gasteiger charge is -2.19. The summed E-state index contributed by atoms with van der Waals surface area (Å²) in [6.45, 7) is 3.92. The quantitative estimate of drug-likeness (QED) is 0.837. The minimum absolute atomic E-state index is 0.0925. The van der Waals surface area contributed by atoms with Crippen LogP contribution in [-0.4, -0.2) is 13.0 Å². The van der Waals surface area contributed by atoms with E-state index in [9.17, 15) is 4.79 Å². The van der Waals surface area contributed by atoms with Crippen molar-refractivity contribution in [1.29, 1.82) is 0 Å². The number of carbonyl (C=O) groups is 1. The first-order valence-corrected chi connectivity index (χ1v) is 6.20. The molecule has 0 heterocycles. The molecule has 3 nitrogen and oxygen atoms in total. The van der Waals surface area contributed by atoms with Gasteiger partial charge in [-0.2, -0.15) is 0 Å². The van der Waals surface area contributed by atoms with Crippen LogP contribution in [0.4, 0.5) is 11.4 Å². The van der Waals surface area contributed by atoms with Crippen molar-refractivity contribution in [3.05, 3.63) is 59.2 Å². The normalized spacial score (nSPS) is 10.3. The Morgan fingerprint density at radius 1 is 1.05 bits per heavy atom. The van der Waals surface area contributed by atoms with Crippen molar-refractivity contribution in [1.82, 2.24) is 0 Å². The highest BCUT2D eigenvalue weighted by atomic mass is 16.2. The Morgan fingerprint density at radius 3 is 2.32 bits per heavy atom. The molecular formula is C16H18N2O. The van der Waals surface area contributed by atoms with Crippen LogP contribution >= 0.6 is 0 Å². The highest BCUT2D eigenvalue weighted by molar-refractivity contribution is 6.09. The van der Waals surface area contributed by atoms with E-state index in [1.54, 1.807) is 18.0 Å². The van der Waals surface area contributed by atoms with Crippen LogP contribution < -0.4 is 10.6 Å². The van der Waals surface area contributed by atoms with Gasteiger partial charge in [0.1, 0.15) is 0 Å². The minimum atomic E-state index is -0.0925. The van der Waals surface area contributed by atoms with E-state index in [-0.39, 0.29) is 5.91 Å². The smallest absolute Gasteiger partial charge is 0.260 e. The third-order valence-corrected chi connectivity index (χ3v) is 3.28. The van der Waals surface area contributed by atoms with Gasteiger partial charge in [0, 0.05) is 18.4 Å². The topological polar surface area (TPSA) is 46.3 Å². The summed E-state index contributed by atoms with van der Waals surface area (Å²) in [7, 11) is 1.76. The third-order valence-electron chi connectivity index (χ3n) is 3.28. The Bertz CT molecular complexity index is 603. The highest BCUT2D eigenvalue weighted by Crippen LogP contribution is 2.21. The van der Waals surface area contributed by atoms with E-state index < -0.39 is 0 Å². The molecule has 0 aliphatic rings. The zero-order valence-corrected chi connectivity index (χ0v) is 11.5. The maximum atomic E-state index is 12.4. The van der Waals surface area contributed by atoms with Crippen LogP contribution in [0.3, 0.4) is 0 Å². The van der Waals surface area contributed by atoms with Gasteiger partial charge >= 0.3 is 0 Å². The lowest BCUT2D eigenvalue weighted by atomic mass is 10.1. The monoisotopic (exact) mass is 254 g/mol. The Kier molecular flexibility index (Phi) is 3.56. The summed E-state index contributed by atoms with van der Waals surface area (Å²) < 4.78 is 0. The third kappa shape index (κ3) is 2.60. The molecule has 2 rings (SSSR count). The number of nitrogens with two attached hydrogens (primary N) is 1. The molecule has 1 amide bonds. The predicted molar refractivity (Wildman–Crippen MR) is 79.5 cm³/mol. The second-order valence-corrected chi connectivity index (χ2v) is 4.74. The first-order chi connectivity index (χ1) is 9.00. The molecule has 0 aliphatic carbocycles. The number of rotatable bonds is 2. The summed E-state index contributed by atoms with van der Waals surface area (Å²) in [5, 5.41) is 0. The van der Waals surface area contributed by atoms with Crippen LogP contribution in [0.15, 0.2) is 42.5 Å². The molecule has 0 radical (unpaired) electrons. The highest BCUT2D eigenvalue weighted by Gasteiger charge is 2.16. The van der Waals surface area contributed by atoms with Crippen LogP contribution in [0.25, 0.3) is 0 Å². The Balaban J connectivity index is 2.33. The summed E-state index contributed by atoms with van der Waals surface area (Å²) in [5.41, 5.74) is 10.0. The molecule has 2 aromatic rings. The lowest BCUT2D eigenvalue weighted by Crippen LogP contribution is -2.27. The number of benzene rings is 2. The minimum Gasteiger partial charge on any atom is -0.398 e. The van der Waals surface area contributed by atoms with Crippen molar-refractivity contribution in [2.45, 2.75) is 13.8 Å². The van der Waals surface area contributed by atoms with E-state index in [1.165, 1.54) is 5.56 Å².